The standard InChI is InChI=1S/C19H18N2OS/c1-13-6-4-7-14(12-13)19(22)21-11-5-9-16(21)18-20-15-8-2-3-10-17(15)23-18/h2-4,6-8,10,12,16H,5,9,11H2,1H3/t16-/m0/s1. The van der Waals surface area contributed by atoms with E-state index in [1.54, 1.807) is 11.3 Å². The lowest BCUT2D eigenvalue weighted by molar-refractivity contribution is 0.0735. The molecule has 2 aromatic carbocycles. The largest absolute Gasteiger partial charge is 0.329 e. The summed E-state index contributed by atoms with van der Waals surface area (Å²) in [5.74, 6) is 0.121. The van der Waals surface area contributed by atoms with E-state index < -0.39 is 0 Å². The number of likely N-dealkylation sites (tertiary alicyclic amines) is 1. The van der Waals surface area contributed by atoms with Crippen LogP contribution >= 0.6 is 11.3 Å². The van der Waals surface area contributed by atoms with Gasteiger partial charge in [-0.15, -0.1) is 11.3 Å². The van der Waals surface area contributed by atoms with Gasteiger partial charge < -0.3 is 4.90 Å². The first-order chi connectivity index (χ1) is 11.2. The fourth-order valence-electron chi connectivity index (χ4n) is 3.24. The summed E-state index contributed by atoms with van der Waals surface area (Å²) in [6.07, 6.45) is 2.04. The van der Waals surface area contributed by atoms with Gasteiger partial charge in [-0.1, -0.05) is 29.8 Å². The summed E-state index contributed by atoms with van der Waals surface area (Å²) in [6, 6.07) is 16.1. The first kappa shape index (κ1) is 14.4. The van der Waals surface area contributed by atoms with Crippen LogP contribution in [0.1, 0.15) is 39.8 Å². The minimum Gasteiger partial charge on any atom is -0.329 e. The third kappa shape index (κ3) is 2.63. The van der Waals surface area contributed by atoms with Gasteiger partial charge in [-0.3, -0.25) is 4.79 Å². The van der Waals surface area contributed by atoms with Gasteiger partial charge in [-0.25, -0.2) is 4.98 Å². The molecule has 1 saturated heterocycles. The van der Waals surface area contributed by atoms with E-state index in [2.05, 4.69) is 6.07 Å². The molecule has 1 aliphatic heterocycles. The van der Waals surface area contributed by atoms with Gasteiger partial charge >= 0.3 is 0 Å². The Morgan fingerprint density at radius 3 is 2.91 bits per heavy atom. The van der Waals surface area contributed by atoms with Gasteiger partial charge in [-0.2, -0.15) is 0 Å². The van der Waals surface area contributed by atoms with Crippen LogP contribution in [-0.2, 0) is 0 Å². The van der Waals surface area contributed by atoms with Crippen molar-refractivity contribution in [3.63, 3.8) is 0 Å². The molecule has 0 aliphatic carbocycles. The summed E-state index contributed by atoms with van der Waals surface area (Å²) < 4.78 is 1.19. The van der Waals surface area contributed by atoms with Crippen LogP contribution in [0.2, 0.25) is 0 Å². The molecule has 0 saturated carbocycles. The van der Waals surface area contributed by atoms with Crippen molar-refractivity contribution in [2.75, 3.05) is 6.54 Å². The van der Waals surface area contributed by atoms with Crippen molar-refractivity contribution in [1.82, 2.24) is 9.88 Å². The van der Waals surface area contributed by atoms with Crippen molar-refractivity contribution < 1.29 is 4.79 Å². The zero-order valence-corrected chi connectivity index (χ0v) is 13.8. The van der Waals surface area contributed by atoms with Crippen molar-refractivity contribution in [1.29, 1.82) is 0 Å². The van der Waals surface area contributed by atoms with Gasteiger partial charge in [0.1, 0.15) is 5.01 Å². The summed E-state index contributed by atoms with van der Waals surface area (Å²) in [7, 11) is 0. The van der Waals surface area contributed by atoms with Gasteiger partial charge in [0, 0.05) is 12.1 Å². The molecular formula is C19H18N2OS. The molecule has 3 nitrogen and oxygen atoms in total. The van der Waals surface area contributed by atoms with Crippen LogP contribution in [0.25, 0.3) is 10.2 Å². The third-order valence-corrected chi connectivity index (χ3v) is 5.51. The normalized spacial score (nSPS) is 17.8. The van der Waals surface area contributed by atoms with Crippen molar-refractivity contribution in [3.05, 3.63) is 64.7 Å². The predicted molar refractivity (Wildman–Crippen MR) is 93.8 cm³/mol. The number of para-hydroxylation sites is 1. The van der Waals surface area contributed by atoms with Crippen molar-refractivity contribution >= 4 is 27.5 Å². The fourth-order valence-corrected chi connectivity index (χ4v) is 4.36. The van der Waals surface area contributed by atoms with Crippen LogP contribution in [0.4, 0.5) is 0 Å². The van der Waals surface area contributed by atoms with Crippen LogP contribution in [0.15, 0.2) is 48.5 Å². The second-order valence-corrected chi connectivity index (χ2v) is 7.11. The van der Waals surface area contributed by atoms with E-state index in [0.29, 0.717) is 0 Å². The Balaban J connectivity index is 1.67. The first-order valence-electron chi connectivity index (χ1n) is 7.95. The predicted octanol–water partition coefficient (Wildman–Crippen LogP) is 4.58. The number of amides is 1. The monoisotopic (exact) mass is 322 g/mol. The van der Waals surface area contributed by atoms with Gasteiger partial charge in [0.25, 0.3) is 5.91 Å². The van der Waals surface area contributed by atoms with Gasteiger partial charge in [-0.05, 0) is 44.0 Å². The van der Waals surface area contributed by atoms with E-state index in [-0.39, 0.29) is 11.9 Å². The number of carbonyl (C=O) groups excluding carboxylic acids is 1. The van der Waals surface area contributed by atoms with Gasteiger partial charge in [0.15, 0.2) is 0 Å². The molecular weight excluding hydrogens is 304 g/mol. The highest BCUT2D eigenvalue weighted by atomic mass is 32.1. The van der Waals surface area contributed by atoms with Crippen LogP contribution in [0.5, 0.6) is 0 Å². The zero-order valence-electron chi connectivity index (χ0n) is 13.0. The zero-order chi connectivity index (χ0) is 15.8. The van der Waals surface area contributed by atoms with E-state index in [1.807, 2.05) is 54.3 Å². The van der Waals surface area contributed by atoms with Crippen molar-refractivity contribution in [3.8, 4) is 0 Å². The molecule has 4 rings (SSSR count). The van der Waals surface area contributed by atoms with Crippen molar-refractivity contribution in [2.24, 2.45) is 0 Å². The molecule has 116 valence electrons. The molecule has 1 amide bonds. The lowest BCUT2D eigenvalue weighted by Crippen LogP contribution is -2.30. The Bertz CT molecular complexity index is 837. The highest BCUT2D eigenvalue weighted by Crippen LogP contribution is 2.37. The Kier molecular flexibility index (Phi) is 3.62. The number of thiazole rings is 1. The number of nitrogens with zero attached hydrogens (tertiary/aromatic N) is 2. The van der Waals surface area contributed by atoms with Crippen LogP contribution in [0.3, 0.4) is 0 Å². The third-order valence-electron chi connectivity index (χ3n) is 4.37. The average Bonchev–Trinajstić information content (AvgIpc) is 3.20. The van der Waals surface area contributed by atoms with Crippen LogP contribution in [0, 0.1) is 6.92 Å². The molecule has 23 heavy (non-hydrogen) atoms. The number of aromatic nitrogens is 1. The molecule has 4 heteroatoms. The maximum Gasteiger partial charge on any atom is 0.254 e. The number of benzene rings is 2. The Morgan fingerprint density at radius 2 is 2.09 bits per heavy atom. The molecule has 0 bridgehead atoms. The highest BCUT2D eigenvalue weighted by molar-refractivity contribution is 7.18. The van der Waals surface area contributed by atoms with Crippen LogP contribution < -0.4 is 0 Å². The molecule has 1 fully saturated rings. The van der Waals surface area contributed by atoms with Crippen LogP contribution in [-0.4, -0.2) is 22.3 Å². The molecule has 0 N–H and O–H groups in total. The number of aryl methyl sites for hydroxylation is 1. The number of hydrogen-bond donors (Lipinski definition) is 0. The quantitative estimate of drug-likeness (QED) is 0.692. The van der Waals surface area contributed by atoms with Crippen molar-refractivity contribution in [2.45, 2.75) is 25.8 Å². The number of fused-ring (bicyclic) bond motifs is 1. The summed E-state index contributed by atoms with van der Waals surface area (Å²) in [4.78, 5) is 19.7. The number of hydrogen-bond acceptors (Lipinski definition) is 3. The molecule has 0 spiro atoms. The average molecular weight is 322 g/mol. The van der Waals surface area contributed by atoms with E-state index in [0.717, 1.165) is 41.0 Å². The molecule has 2 heterocycles. The molecule has 0 radical (unpaired) electrons. The Hall–Kier alpha value is -2.20. The Labute approximate surface area is 139 Å². The molecule has 1 aliphatic rings. The number of rotatable bonds is 2. The maximum absolute atomic E-state index is 12.9. The SMILES string of the molecule is Cc1cccc(C(=O)N2CCC[C@H]2c2nc3ccccc3s2)c1. The summed E-state index contributed by atoms with van der Waals surface area (Å²) >= 11 is 1.71. The van der Waals surface area contributed by atoms with E-state index in [9.17, 15) is 4.79 Å². The van der Waals surface area contributed by atoms with E-state index in [4.69, 9.17) is 4.98 Å². The first-order valence-corrected chi connectivity index (χ1v) is 8.77. The fraction of sp³-hybridized carbons (Fsp3) is 0.263. The minimum atomic E-state index is 0.111. The van der Waals surface area contributed by atoms with E-state index >= 15 is 0 Å². The topological polar surface area (TPSA) is 33.2 Å². The molecule has 1 atom stereocenters. The smallest absolute Gasteiger partial charge is 0.254 e. The Morgan fingerprint density at radius 1 is 1.22 bits per heavy atom. The second-order valence-electron chi connectivity index (χ2n) is 6.05. The van der Waals surface area contributed by atoms with Gasteiger partial charge in [0.05, 0.1) is 16.3 Å². The minimum absolute atomic E-state index is 0.111. The lowest BCUT2D eigenvalue weighted by atomic mass is 10.1. The van der Waals surface area contributed by atoms with E-state index in [1.165, 1.54) is 4.70 Å². The summed E-state index contributed by atoms with van der Waals surface area (Å²) in [5, 5.41) is 1.06. The molecule has 3 aromatic rings. The molecule has 1 aromatic heterocycles. The summed E-state index contributed by atoms with van der Waals surface area (Å²) in [6.45, 7) is 2.83. The number of carbonyl (C=O) groups is 1. The second kappa shape index (κ2) is 5.78. The lowest BCUT2D eigenvalue weighted by Gasteiger charge is -2.23. The molecule has 0 unspecified atom stereocenters. The van der Waals surface area contributed by atoms with Gasteiger partial charge in [0.2, 0.25) is 0 Å². The maximum atomic E-state index is 12.9. The summed E-state index contributed by atoms with van der Waals surface area (Å²) in [5.41, 5.74) is 2.92. The highest BCUT2D eigenvalue weighted by Gasteiger charge is 2.32.